The van der Waals surface area contributed by atoms with Gasteiger partial charge in [-0.15, -0.1) is 6.42 Å². The zero-order chi connectivity index (χ0) is 13.0. The normalized spacial score (nSPS) is 9.29. The molecule has 0 radical (unpaired) electrons. The Morgan fingerprint density at radius 1 is 1.29 bits per heavy atom. The van der Waals surface area contributed by atoms with Crippen LogP contribution in [-0.2, 0) is 0 Å². The van der Waals surface area contributed by atoms with Gasteiger partial charge in [-0.3, -0.25) is 0 Å². The van der Waals surface area contributed by atoms with Crippen LogP contribution in [0.15, 0.2) is 24.3 Å². The third-order valence-corrected chi connectivity index (χ3v) is 2.23. The van der Waals surface area contributed by atoms with Crippen LogP contribution in [0.1, 0.15) is 19.4 Å². The summed E-state index contributed by atoms with van der Waals surface area (Å²) in [6, 6.07) is 5.63. The van der Waals surface area contributed by atoms with Crippen LogP contribution in [0.5, 0.6) is 5.75 Å². The maximum absolute atomic E-state index is 13.3. The quantitative estimate of drug-likeness (QED) is 0.540. The first kappa shape index (κ1) is 12.9. The molecule has 0 amide bonds. The lowest BCUT2D eigenvalue weighted by atomic mass is 10.0. The molecule has 0 unspecified atom stereocenters. The van der Waals surface area contributed by atoms with Crippen molar-refractivity contribution in [2.24, 2.45) is 0 Å². The molecule has 0 saturated heterocycles. The van der Waals surface area contributed by atoms with Crippen LogP contribution in [0, 0.1) is 18.2 Å². The van der Waals surface area contributed by atoms with Crippen LogP contribution >= 0.6 is 0 Å². The van der Waals surface area contributed by atoms with E-state index in [1.54, 1.807) is 0 Å². The minimum absolute atomic E-state index is 0.0366. The van der Waals surface area contributed by atoms with Crippen LogP contribution < -0.4 is 5.73 Å². The largest absolute Gasteiger partial charge is 0.508 e. The molecule has 0 aromatic heterocycles. The molecule has 0 bridgehead atoms. The zero-order valence-corrected chi connectivity index (χ0v) is 9.79. The molecule has 0 fully saturated rings. The lowest BCUT2D eigenvalue weighted by molar-refractivity contribution is 0.476. The van der Waals surface area contributed by atoms with Crippen molar-refractivity contribution < 1.29 is 9.50 Å². The summed E-state index contributed by atoms with van der Waals surface area (Å²) in [5.74, 6) is 1.81. The number of nitrogen functional groups attached to an aromatic ring is 1. The molecular formula is C14H14FNO. The molecule has 2 aromatic rings. The Bertz CT molecular complexity index is 585. The molecule has 0 heterocycles. The van der Waals surface area contributed by atoms with Crippen molar-refractivity contribution in [1.29, 1.82) is 0 Å². The molecule has 2 nitrogen and oxygen atoms in total. The molecule has 0 atom stereocenters. The van der Waals surface area contributed by atoms with E-state index in [-0.39, 0.29) is 17.0 Å². The van der Waals surface area contributed by atoms with Gasteiger partial charge in [0.1, 0.15) is 11.6 Å². The van der Waals surface area contributed by atoms with Gasteiger partial charge in [-0.25, -0.2) is 4.39 Å². The molecule has 0 aliphatic carbocycles. The van der Waals surface area contributed by atoms with Gasteiger partial charge in [0.25, 0.3) is 0 Å². The van der Waals surface area contributed by atoms with E-state index in [0.29, 0.717) is 10.8 Å². The number of anilines is 1. The highest BCUT2D eigenvalue weighted by Crippen LogP contribution is 2.30. The second kappa shape index (κ2) is 5.22. The van der Waals surface area contributed by atoms with Crippen LogP contribution in [0.4, 0.5) is 10.1 Å². The third-order valence-electron chi connectivity index (χ3n) is 2.23. The zero-order valence-electron chi connectivity index (χ0n) is 9.79. The van der Waals surface area contributed by atoms with Gasteiger partial charge >= 0.3 is 0 Å². The number of halogens is 1. The van der Waals surface area contributed by atoms with Gasteiger partial charge in [0.05, 0.1) is 5.56 Å². The fourth-order valence-corrected chi connectivity index (χ4v) is 1.60. The number of hydrogen-bond acceptors (Lipinski definition) is 2. The van der Waals surface area contributed by atoms with Gasteiger partial charge in [0.2, 0.25) is 0 Å². The number of terminal acetylenes is 1. The number of rotatable bonds is 0. The van der Waals surface area contributed by atoms with Crippen molar-refractivity contribution in [3.05, 3.63) is 35.6 Å². The van der Waals surface area contributed by atoms with Crippen LogP contribution in [-0.4, -0.2) is 5.11 Å². The van der Waals surface area contributed by atoms with Crippen molar-refractivity contribution in [3.63, 3.8) is 0 Å². The lowest BCUT2D eigenvalue weighted by Crippen LogP contribution is -1.92. The fourth-order valence-electron chi connectivity index (χ4n) is 1.60. The van der Waals surface area contributed by atoms with E-state index in [1.165, 1.54) is 24.3 Å². The van der Waals surface area contributed by atoms with Gasteiger partial charge in [-0.1, -0.05) is 25.8 Å². The highest BCUT2D eigenvalue weighted by Gasteiger charge is 2.09. The van der Waals surface area contributed by atoms with E-state index < -0.39 is 5.82 Å². The number of phenols is 1. The van der Waals surface area contributed by atoms with Crippen LogP contribution in [0.25, 0.3) is 10.8 Å². The summed E-state index contributed by atoms with van der Waals surface area (Å²) >= 11 is 0. The Labute approximate surface area is 99.9 Å². The molecule has 0 saturated carbocycles. The number of benzene rings is 2. The molecule has 2 aromatic carbocycles. The minimum atomic E-state index is -0.484. The van der Waals surface area contributed by atoms with Crippen molar-refractivity contribution in [2.75, 3.05) is 5.73 Å². The predicted molar refractivity (Wildman–Crippen MR) is 69.3 cm³/mol. The summed E-state index contributed by atoms with van der Waals surface area (Å²) in [5, 5.41) is 10.4. The topological polar surface area (TPSA) is 46.2 Å². The molecular weight excluding hydrogens is 217 g/mol. The molecule has 3 heteroatoms. The number of aromatic hydroxyl groups is 1. The first-order chi connectivity index (χ1) is 8.13. The summed E-state index contributed by atoms with van der Waals surface area (Å²) in [7, 11) is 0. The Morgan fingerprint density at radius 2 is 1.94 bits per heavy atom. The second-order valence-corrected chi connectivity index (χ2v) is 3.20. The average Bonchev–Trinajstić information content (AvgIpc) is 2.32. The summed E-state index contributed by atoms with van der Waals surface area (Å²) in [6.45, 7) is 4.00. The van der Waals surface area contributed by atoms with E-state index in [9.17, 15) is 9.50 Å². The van der Waals surface area contributed by atoms with Crippen molar-refractivity contribution >= 4 is 16.5 Å². The SMILES string of the molecule is C#Cc1c(F)ccc2cc(O)cc(N)c12.CC. The monoisotopic (exact) mass is 231 g/mol. The maximum atomic E-state index is 13.3. The Kier molecular flexibility index (Phi) is 3.95. The van der Waals surface area contributed by atoms with E-state index in [0.717, 1.165) is 0 Å². The van der Waals surface area contributed by atoms with E-state index in [2.05, 4.69) is 5.92 Å². The van der Waals surface area contributed by atoms with Gasteiger partial charge in [-0.05, 0) is 17.5 Å². The highest BCUT2D eigenvalue weighted by molar-refractivity contribution is 5.98. The lowest BCUT2D eigenvalue weighted by Gasteiger charge is -2.06. The smallest absolute Gasteiger partial charge is 0.139 e. The second-order valence-electron chi connectivity index (χ2n) is 3.20. The third kappa shape index (κ3) is 2.31. The van der Waals surface area contributed by atoms with Crippen molar-refractivity contribution in [2.45, 2.75) is 13.8 Å². The molecule has 0 aliphatic heterocycles. The molecule has 0 spiro atoms. The first-order valence-electron chi connectivity index (χ1n) is 5.31. The number of phenolic OH excluding ortho intramolecular Hbond substituents is 1. The summed E-state index contributed by atoms with van der Waals surface area (Å²) < 4.78 is 13.3. The molecule has 88 valence electrons. The van der Waals surface area contributed by atoms with Crippen molar-refractivity contribution in [3.8, 4) is 18.1 Å². The minimum Gasteiger partial charge on any atom is -0.508 e. The Balaban J connectivity index is 0.000000686. The molecule has 17 heavy (non-hydrogen) atoms. The number of nitrogens with two attached hydrogens (primary N) is 1. The van der Waals surface area contributed by atoms with E-state index in [1.807, 2.05) is 13.8 Å². The van der Waals surface area contributed by atoms with Gasteiger partial charge in [-0.2, -0.15) is 0 Å². The summed E-state index contributed by atoms with van der Waals surface area (Å²) in [4.78, 5) is 0. The molecule has 3 N–H and O–H groups in total. The predicted octanol–water partition coefficient (Wildman–Crippen LogP) is 3.27. The standard InChI is InChI=1S/C12H8FNO.C2H6/c1-2-9-10(13)4-3-7-5-8(15)6-11(14)12(7)9;1-2/h1,3-6,15H,14H2;1-2H3. The van der Waals surface area contributed by atoms with Gasteiger partial charge in [0, 0.05) is 17.1 Å². The van der Waals surface area contributed by atoms with Gasteiger partial charge < -0.3 is 10.8 Å². The van der Waals surface area contributed by atoms with Crippen molar-refractivity contribution in [1.82, 2.24) is 0 Å². The molecule has 0 aliphatic rings. The number of hydrogen-bond donors (Lipinski definition) is 2. The summed E-state index contributed by atoms with van der Waals surface area (Å²) in [6.07, 6.45) is 5.22. The fraction of sp³-hybridized carbons (Fsp3) is 0.143. The van der Waals surface area contributed by atoms with Crippen LogP contribution in [0.3, 0.4) is 0 Å². The maximum Gasteiger partial charge on any atom is 0.139 e. The van der Waals surface area contributed by atoms with E-state index in [4.69, 9.17) is 12.2 Å². The first-order valence-corrected chi connectivity index (χ1v) is 5.31. The average molecular weight is 231 g/mol. The van der Waals surface area contributed by atoms with Gasteiger partial charge in [0.15, 0.2) is 0 Å². The molecule has 2 rings (SSSR count). The number of fused-ring (bicyclic) bond motifs is 1. The Hall–Kier alpha value is -2.21. The summed E-state index contributed by atoms with van der Waals surface area (Å²) in [5.41, 5.74) is 6.09. The van der Waals surface area contributed by atoms with Crippen LogP contribution in [0.2, 0.25) is 0 Å². The highest BCUT2D eigenvalue weighted by atomic mass is 19.1. The van der Waals surface area contributed by atoms with E-state index >= 15 is 0 Å². The Morgan fingerprint density at radius 3 is 2.53 bits per heavy atom.